The van der Waals surface area contributed by atoms with Crippen molar-refractivity contribution in [2.75, 3.05) is 7.11 Å². The Morgan fingerprint density at radius 2 is 1.87 bits per heavy atom. The fraction of sp³-hybridized carbons (Fsp3) is 0.333. The number of hydrogen-bond donors (Lipinski definition) is 0. The number of imidazole rings is 2. The second-order valence-corrected chi connectivity index (χ2v) is 7.45. The highest BCUT2D eigenvalue weighted by atomic mass is 16.5. The van der Waals surface area contributed by atoms with E-state index in [0.29, 0.717) is 16.9 Å². The third-order valence-corrected chi connectivity index (χ3v) is 5.54. The average Bonchev–Trinajstić information content (AvgIpc) is 3.22. The van der Waals surface area contributed by atoms with Gasteiger partial charge in [0.1, 0.15) is 0 Å². The van der Waals surface area contributed by atoms with Gasteiger partial charge in [0.25, 0.3) is 5.56 Å². The van der Waals surface area contributed by atoms with Gasteiger partial charge in [-0.25, -0.2) is 4.79 Å². The SMILES string of the molecule is COC(=O)CCn1c(=O)c2c(nc3n(-c4ccc(C)c(C)c4)c(C)cn23)n(C)c1=O. The molecular weight excluding hydrogens is 386 g/mol. The molecule has 4 aromatic rings. The van der Waals surface area contributed by atoms with Gasteiger partial charge in [-0.1, -0.05) is 6.07 Å². The van der Waals surface area contributed by atoms with Crippen molar-refractivity contribution in [2.45, 2.75) is 33.7 Å². The summed E-state index contributed by atoms with van der Waals surface area (Å²) in [7, 11) is 2.84. The van der Waals surface area contributed by atoms with Crippen LogP contribution in [0.1, 0.15) is 23.2 Å². The minimum atomic E-state index is -0.522. The Bertz CT molecular complexity index is 1430. The van der Waals surface area contributed by atoms with E-state index in [-0.39, 0.29) is 13.0 Å². The smallest absolute Gasteiger partial charge is 0.332 e. The number of aryl methyl sites for hydroxylation is 4. The first-order chi connectivity index (χ1) is 14.2. The van der Waals surface area contributed by atoms with Crippen LogP contribution < -0.4 is 11.2 Å². The van der Waals surface area contributed by atoms with Crippen molar-refractivity contribution in [1.82, 2.24) is 23.1 Å². The third-order valence-electron chi connectivity index (χ3n) is 5.54. The maximum atomic E-state index is 13.2. The maximum absolute atomic E-state index is 13.2. The van der Waals surface area contributed by atoms with Crippen molar-refractivity contribution >= 4 is 22.9 Å². The van der Waals surface area contributed by atoms with E-state index < -0.39 is 17.2 Å². The van der Waals surface area contributed by atoms with Crippen LogP contribution in [-0.4, -0.2) is 36.2 Å². The molecule has 0 amide bonds. The summed E-state index contributed by atoms with van der Waals surface area (Å²) in [6, 6.07) is 6.11. The lowest BCUT2D eigenvalue weighted by atomic mass is 10.1. The summed E-state index contributed by atoms with van der Waals surface area (Å²) in [5.74, 6) is 0.0581. The molecule has 0 aliphatic carbocycles. The number of esters is 1. The second-order valence-electron chi connectivity index (χ2n) is 7.45. The molecule has 0 spiro atoms. The summed E-state index contributed by atoms with van der Waals surface area (Å²) in [5, 5.41) is 0. The second kappa shape index (κ2) is 7.01. The molecule has 0 radical (unpaired) electrons. The summed E-state index contributed by atoms with van der Waals surface area (Å²) in [6.45, 7) is 5.97. The molecule has 4 rings (SSSR count). The van der Waals surface area contributed by atoms with Gasteiger partial charge in [0.15, 0.2) is 11.2 Å². The van der Waals surface area contributed by atoms with E-state index in [0.717, 1.165) is 21.5 Å². The quantitative estimate of drug-likeness (QED) is 0.478. The first-order valence-corrected chi connectivity index (χ1v) is 9.59. The zero-order chi connectivity index (χ0) is 21.7. The summed E-state index contributed by atoms with van der Waals surface area (Å²) in [6.07, 6.45) is 1.76. The van der Waals surface area contributed by atoms with Gasteiger partial charge in [-0.05, 0) is 44.0 Å². The number of carbonyl (C=O) groups excluding carboxylic acids is 1. The normalized spacial score (nSPS) is 11.5. The number of carbonyl (C=O) groups is 1. The van der Waals surface area contributed by atoms with Crippen molar-refractivity contribution in [3.05, 3.63) is 62.1 Å². The molecular formula is C21H23N5O4. The highest BCUT2D eigenvalue weighted by Crippen LogP contribution is 2.22. The largest absolute Gasteiger partial charge is 0.469 e. The fourth-order valence-electron chi connectivity index (χ4n) is 3.70. The van der Waals surface area contributed by atoms with Crippen LogP contribution in [0.15, 0.2) is 34.0 Å². The molecule has 0 saturated carbocycles. The number of benzene rings is 1. The Kier molecular flexibility index (Phi) is 4.60. The number of ether oxygens (including phenoxy) is 1. The Morgan fingerprint density at radius 3 is 2.53 bits per heavy atom. The Balaban J connectivity index is 2.00. The molecule has 9 nitrogen and oxygen atoms in total. The zero-order valence-electron chi connectivity index (χ0n) is 17.6. The number of aromatic nitrogens is 5. The predicted molar refractivity (Wildman–Crippen MR) is 112 cm³/mol. The first-order valence-electron chi connectivity index (χ1n) is 9.59. The topological polar surface area (TPSA) is 92.5 Å². The number of methoxy groups -OCH3 is 1. The maximum Gasteiger partial charge on any atom is 0.332 e. The zero-order valence-corrected chi connectivity index (χ0v) is 17.6. The summed E-state index contributed by atoms with van der Waals surface area (Å²) >= 11 is 0. The van der Waals surface area contributed by atoms with Crippen LogP contribution in [-0.2, 0) is 23.1 Å². The van der Waals surface area contributed by atoms with E-state index in [1.807, 2.05) is 43.7 Å². The van der Waals surface area contributed by atoms with Gasteiger partial charge in [0, 0.05) is 31.2 Å². The van der Waals surface area contributed by atoms with E-state index in [9.17, 15) is 14.4 Å². The van der Waals surface area contributed by atoms with Crippen LogP contribution in [0.5, 0.6) is 0 Å². The van der Waals surface area contributed by atoms with Gasteiger partial charge >= 0.3 is 11.7 Å². The van der Waals surface area contributed by atoms with Crippen LogP contribution in [0.4, 0.5) is 0 Å². The molecule has 0 fully saturated rings. The molecule has 156 valence electrons. The van der Waals surface area contributed by atoms with Crippen molar-refractivity contribution in [1.29, 1.82) is 0 Å². The van der Waals surface area contributed by atoms with Crippen LogP contribution in [0.25, 0.3) is 22.6 Å². The summed E-state index contributed by atoms with van der Waals surface area (Å²) in [5.41, 5.74) is 3.74. The summed E-state index contributed by atoms with van der Waals surface area (Å²) < 4.78 is 10.7. The molecule has 0 aliphatic rings. The minimum Gasteiger partial charge on any atom is -0.469 e. The van der Waals surface area contributed by atoms with Gasteiger partial charge in [0.05, 0.1) is 13.5 Å². The Labute approximate surface area is 171 Å². The monoisotopic (exact) mass is 409 g/mol. The lowest BCUT2D eigenvalue weighted by molar-refractivity contribution is -0.140. The molecule has 30 heavy (non-hydrogen) atoms. The van der Waals surface area contributed by atoms with E-state index in [2.05, 4.69) is 15.8 Å². The molecule has 0 atom stereocenters. The van der Waals surface area contributed by atoms with Crippen molar-refractivity contribution in [3.8, 4) is 5.69 Å². The lowest BCUT2D eigenvalue weighted by Gasteiger charge is -2.08. The molecule has 0 bridgehead atoms. The molecule has 0 N–H and O–H groups in total. The Morgan fingerprint density at radius 1 is 1.13 bits per heavy atom. The molecule has 0 saturated heterocycles. The van der Waals surface area contributed by atoms with E-state index in [4.69, 9.17) is 0 Å². The Hall–Kier alpha value is -3.62. The van der Waals surface area contributed by atoms with E-state index in [1.54, 1.807) is 11.4 Å². The van der Waals surface area contributed by atoms with Crippen molar-refractivity contribution in [3.63, 3.8) is 0 Å². The molecule has 0 unspecified atom stereocenters. The van der Waals surface area contributed by atoms with Crippen molar-refractivity contribution in [2.24, 2.45) is 7.05 Å². The van der Waals surface area contributed by atoms with Gasteiger partial charge in [0.2, 0.25) is 5.78 Å². The first kappa shape index (κ1) is 19.7. The van der Waals surface area contributed by atoms with Crippen LogP contribution in [0.3, 0.4) is 0 Å². The van der Waals surface area contributed by atoms with E-state index >= 15 is 0 Å². The average molecular weight is 409 g/mol. The highest BCUT2D eigenvalue weighted by Gasteiger charge is 2.21. The molecule has 0 aliphatic heterocycles. The molecule has 1 aromatic carbocycles. The predicted octanol–water partition coefficient (Wildman–Crippen LogP) is 1.63. The third kappa shape index (κ3) is 2.85. The van der Waals surface area contributed by atoms with Crippen LogP contribution in [0, 0.1) is 20.8 Å². The molecule has 3 aromatic heterocycles. The van der Waals surface area contributed by atoms with E-state index in [1.165, 1.54) is 17.2 Å². The number of hydrogen-bond acceptors (Lipinski definition) is 5. The van der Waals surface area contributed by atoms with Crippen LogP contribution >= 0.6 is 0 Å². The lowest BCUT2D eigenvalue weighted by Crippen LogP contribution is -2.39. The molecule has 9 heteroatoms. The van der Waals surface area contributed by atoms with Gasteiger partial charge in [-0.3, -0.25) is 27.7 Å². The van der Waals surface area contributed by atoms with Gasteiger partial charge < -0.3 is 4.74 Å². The fourth-order valence-corrected chi connectivity index (χ4v) is 3.70. The molecule has 3 heterocycles. The summed E-state index contributed by atoms with van der Waals surface area (Å²) in [4.78, 5) is 42.0. The van der Waals surface area contributed by atoms with Crippen molar-refractivity contribution < 1.29 is 9.53 Å². The van der Waals surface area contributed by atoms with Gasteiger partial charge in [-0.15, -0.1) is 0 Å². The number of nitrogens with zero attached hydrogens (tertiary/aromatic N) is 5. The van der Waals surface area contributed by atoms with Crippen LogP contribution in [0.2, 0.25) is 0 Å². The van der Waals surface area contributed by atoms with Gasteiger partial charge in [-0.2, -0.15) is 4.98 Å². The number of rotatable bonds is 4. The minimum absolute atomic E-state index is 0.0573. The number of fused-ring (bicyclic) bond motifs is 3. The highest BCUT2D eigenvalue weighted by molar-refractivity contribution is 5.76. The standard InChI is InChI=1S/C21H23N5O4/c1-12-6-7-15(10-13(12)2)26-14(3)11-25-17-18(22-20(25)26)23(4)21(29)24(19(17)28)9-8-16(27)30-5/h6-7,10-11H,8-9H2,1-5H3.